The minimum absolute atomic E-state index is 0.00648. The molecular formula is C13H19BrN2O2S. The molecule has 106 valence electrons. The van der Waals surface area contributed by atoms with Gasteiger partial charge in [-0.2, -0.15) is 0 Å². The molecule has 0 bridgehead atoms. The van der Waals surface area contributed by atoms with Crippen LogP contribution < -0.4 is 5.32 Å². The van der Waals surface area contributed by atoms with Crippen LogP contribution in [-0.2, 0) is 11.2 Å². The van der Waals surface area contributed by atoms with Gasteiger partial charge in [0, 0.05) is 18.0 Å². The normalized spacial score (nSPS) is 18.4. The second-order valence-electron chi connectivity index (χ2n) is 5.22. The average molecular weight is 347 g/mol. The Morgan fingerprint density at radius 1 is 1.58 bits per heavy atom. The summed E-state index contributed by atoms with van der Waals surface area (Å²) in [5.41, 5.74) is -0.242. The first kappa shape index (κ1) is 14.8. The van der Waals surface area contributed by atoms with Gasteiger partial charge in [-0.05, 0) is 48.3 Å². The topological polar surface area (TPSA) is 41.6 Å². The standard InChI is InChI=1S/C13H19BrN2O2S/c1-13(2)9-16(7-8-18-13)12(17)15-6-5-10-3-4-11(14)19-10/h3-4H,5-9H2,1-2H3,(H,15,17). The lowest BCUT2D eigenvalue weighted by atomic mass is 10.1. The van der Waals surface area contributed by atoms with Crippen molar-refractivity contribution in [1.82, 2.24) is 10.2 Å². The molecule has 0 radical (unpaired) electrons. The number of ether oxygens (including phenoxy) is 1. The molecule has 4 nitrogen and oxygen atoms in total. The maximum atomic E-state index is 12.0. The molecule has 2 heterocycles. The van der Waals surface area contributed by atoms with Gasteiger partial charge in [0.1, 0.15) is 0 Å². The number of carbonyl (C=O) groups is 1. The van der Waals surface area contributed by atoms with E-state index in [0.29, 0.717) is 26.2 Å². The number of amides is 2. The van der Waals surface area contributed by atoms with Gasteiger partial charge in [0.05, 0.1) is 22.5 Å². The van der Waals surface area contributed by atoms with Gasteiger partial charge in [0.15, 0.2) is 0 Å². The molecule has 0 aliphatic carbocycles. The van der Waals surface area contributed by atoms with Crippen molar-refractivity contribution in [2.45, 2.75) is 25.9 Å². The van der Waals surface area contributed by atoms with Crippen LogP contribution in [0.4, 0.5) is 4.79 Å². The summed E-state index contributed by atoms with van der Waals surface area (Å²) in [5.74, 6) is 0. The summed E-state index contributed by atoms with van der Waals surface area (Å²) in [6.45, 7) is 6.61. The first-order chi connectivity index (χ1) is 8.96. The number of thiophene rings is 1. The number of nitrogens with zero attached hydrogens (tertiary/aromatic N) is 1. The number of carbonyl (C=O) groups excluding carboxylic acids is 1. The Balaban J connectivity index is 1.75. The quantitative estimate of drug-likeness (QED) is 0.914. The predicted octanol–water partition coefficient (Wildman–Crippen LogP) is 2.87. The number of hydrogen-bond donors (Lipinski definition) is 1. The highest BCUT2D eigenvalue weighted by Gasteiger charge is 2.29. The number of halogens is 1. The van der Waals surface area contributed by atoms with Crippen molar-refractivity contribution in [2.75, 3.05) is 26.2 Å². The molecule has 1 aromatic heterocycles. The highest BCUT2D eigenvalue weighted by molar-refractivity contribution is 9.11. The van der Waals surface area contributed by atoms with Gasteiger partial charge in [-0.15, -0.1) is 11.3 Å². The molecule has 1 fully saturated rings. The summed E-state index contributed by atoms with van der Waals surface area (Å²) < 4.78 is 6.73. The van der Waals surface area contributed by atoms with E-state index in [2.05, 4.69) is 27.3 Å². The lowest BCUT2D eigenvalue weighted by molar-refractivity contribution is -0.0733. The van der Waals surface area contributed by atoms with Gasteiger partial charge < -0.3 is 15.0 Å². The number of rotatable bonds is 3. The molecule has 0 atom stereocenters. The molecule has 0 unspecified atom stereocenters. The third kappa shape index (κ3) is 4.47. The van der Waals surface area contributed by atoms with Crippen LogP contribution in [0.2, 0.25) is 0 Å². The third-order valence-corrected chi connectivity index (χ3v) is 4.67. The molecule has 0 spiro atoms. The van der Waals surface area contributed by atoms with Crippen molar-refractivity contribution in [2.24, 2.45) is 0 Å². The smallest absolute Gasteiger partial charge is 0.317 e. The van der Waals surface area contributed by atoms with Gasteiger partial charge >= 0.3 is 6.03 Å². The van der Waals surface area contributed by atoms with Gasteiger partial charge in [-0.1, -0.05) is 0 Å². The fourth-order valence-corrected chi connectivity index (χ4v) is 3.56. The van der Waals surface area contributed by atoms with E-state index in [0.717, 1.165) is 10.2 Å². The monoisotopic (exact) mass is 346 g/mol. The highest BCUT2D eigenvalue weighted by atomic mass is 79.9. The van der Waals surface area contributed by atoms with E-state index in [1.807, 2.05) is 24.8 Å². The lowest BCUT2D eigenvalue weighted by Gasteiger charge is -2.38. The lowest BCUT2D eigenvalue weighted by Crippen LogP contribution is -2.53. The van der Waals surface area contributed by atoms with Crippen molar-refractivity contribution < 1.29 is 9.53 Å². The van der Waals surface area contributed by atoms with E-state index in [1.165, 1.54) is 4.88 Å². The van der Waals surface area contributed by atoms with E-state index < -0.39 is 0 Å². The fourth-order valence-electron chi connectivity index (χ4n) is 2.08. The summed E-state index contributed by atoms with van der Waals surface area (Å²) in [4.78, 5) is 15.1. The SMILES string of the molecule is CC1(C)CN(C(=O)NCCc2ccc(Br)s2)CCO1. The van der Waals surface area contributed by atoms with Crippen LogP contribution in [0.1, 0.15) is 18.7 Å². The molecule has 19 heavy (non-hydrogen) atoms. The molecule has 6 heteroatoms. The summed E-state index contributed by atoms with van der Waals surface area (Å²) in [6, 6.07) is 4.12. The molecule has 0 aromatic carbocycles. The van der Waals surface area contributed by atoms with Gasteiger partial charge in [0.25, 0.3) is 0 Å². The Morgan fingerprint density at radius 3 is 3.00 bits per heavy atom. The Labute approximate surface area is 126 Å². The van der Waals surface area contributed by atoms with Crippen LogP contribution >= 0.6 is 27.3 Å². The molecular weight excluding hydrogens is 328 g/mol. The van der Waals surface area contributed by atoms with Crippen LogP contribution in [0, 0.1) is 0 Å². The number of morpholine rings is 1. The van der Waals surface area contributed by atoms with Crippen LogP contribution in [0.15, 0.2) is 15.9 Å². The van der Waals surface area contributed by atoms with Crippen molar-refractivity contribution in [3.8, 4) is 0 Å². The molecule has 1 aliphatic rings. The Morgan fingerprint density at radius 2 is 2.37 bits per heavy atom. The minimum Gasteiger partial charge on any atom is -0.372 e. The number of urea groups is 1. The second kappa shape index (κ2) is 6.24. The van der Waals surface area contributed by atoms with Crippen LogP contribution in [0.25, 0.3) is 0 Å². The molecule has 0 saturated carbocycles. The third-order valence-electron chi connectivity index (χ3n) is 2.99. The van der Waals surface area contributed by atoms with E-state index in [4.69, 9.17) is 4.74 Å². The number of nitrogens with one attached hydrogen (secondary N) is 1. The number of hydrogen-bond acceptors (Lipinski definition) is 3. The molecule has 1 saturated heterocycles. The second-order valence-corrected chi connectivity index (χ2v) is 7.77. The van der Waals surface area contributed by atoms with E-state index in [9.17, 15) is 4.79 Å². The van der Waals surface area contributed by atoms with Crippen LogP contribution in [-0.4, -0.2) is 42.8 Å². The Bertz CT molecular complexity index is 448. The first-order valence-corrected chi connectivity index (χ1v) is 7.98. The molecule has 1 aliphatic heterocycles. The maximum absolute atomic E-state index is 12.0. The Hall–Kier alpha value is -0.590. The van der Waals surface area contributed by atoms with Crippen LogP contribution in [0.3, 0.4) is 0 Å². The van der Waals surface area contributed by atoms with Crippen molar-refractivity contribution in [3.05, 3.63) is 20.8 Å². The molecule has 1 N–H and O–H groups in total. The van der Waals surface area contributed by atoms with Gasteiger partial charge in [-0.25, -0.2) is 4.79 Å². The zero-order valence-corrected chi connectivity index (χ0v) is 13.6. The molecule has 1 aromatic rings. The average Bonchev–Trinajstić information content (AvgIpc) is 2.73. The van der Waals surface area contributed by atoms with Crippen molar-refractivity contribution in [3.63, 3.8) is 0 Å². The summed E-state index contributed by atoms with van der Waals surface area (Å²) in [7, 11) is 0. The molecule has 2 rings (SSSR count). The van der Waals surface area contributed by atoms with Gasteiger partial charge in [0.2, 0.25) is 0 Å². The van der Waals surface area contributed by atoms with E-state index in [-0.39, 0.29) is 11.6 Å². The Kier molecular flexibility index (Phi) is 4.86. The fraction of sp³-hybridized carbons (Fsp3) is 0.615. The zero-order chi connectivity index (χ0) is 13.9. The largest absolute Gasteiger partial charge is 0.372 e. The minimum atomic E-state index is -0.242. The van der Waals surface area contributed by atoms with Crippen molar-refractivity contribution >= 4 is 33.3 Å². The zero-order valence-electron chi connectivity index (χ0n) is 11.2. The predicted molar refractivity (Wildman–Crippen MR) is 80.7 cm³/mol. The van der Waals surface area contributed by atoms with Crippen molar-refractivity contribution in [1.29, 1.82) is 0 Å². The summed E-state index contributed by atoms with van der Waals surface area (Å²) in [5, 5.41) is 2.97. The van der Waals surface area contributed by atoms with Gasteiger partial charge in [-0.3, -0.25) is 0 Å². The summed E-state index contributed by atoms with van der Waals surface area (Å²) in [6.07, 6.45) is 0.871. The highest BCUT2D eigenvalue weighted by Crippen LogP contribution is 2.22. The maximum Gasteiger partial charge on any atom is 0.317 e. The van der Waals surface area contributed by atoms with E-state index in [1.54, 1.807) is 11.3 Å². The van der Waals surface area contributed by atoms with Crippen LogP contribution in [0.5, 0.6) is 0 Å². The molecule has 2 amide bonds. The first-order valence-electron chi connectivity index (χ1n) is 6.37. The summed E-state index contributed by atoms with van der Waals surface area (Å²) >= 11 is 5.14. The van der Waals surface area contributed by atoms with E-state index >= 15 is 0 Å².